The maximum absolute atomic E-state index is 13.2. The molecule has 0 unspecified atom stereocenters. The molecule has 3 aromatic rings. The Hall–Kier alpha value is -1.73. The highest BCUT2D eigenvalue weighted by atomic mass is 35.5. The van der Waals surface area contributed by atoms with Gasteiger partial charge in [-0.1, -0.05) is 41.4 Å². The molecule has 8 heteroatoms. The van der Waals surface area contributed by atoms with Crippen molar-refractivity contribution in [1.82, 2.24) is 9.88 Å². The molecule has 0 radical (unpaired) electrons. The minimum Gasteiger partial charge on any atom is -0.490 e. The van der Waals surface area contributed by atoms with Gasteiger partial charge in [0.15, 0.2) is 0 Å². The second-order valence-corrected chi connectivity index (χ2v) is 9.45. The van der Waals surface area contributed by atoms with Gasteiger partial charge in [-0.2, -0.15) is 0 Å². The van der Waals surface area contributed by atoms with Crippen LogP contribution in [0.5, 0.6) is 5.75 Å². The van der Waals surface area contributed by atoms with Crippen molar-refractivity contribution >= 4 is 43.9 Å². The average Bonchev–Trinajstić information content (AvgIpc) is 3.31. The van der Waals surface area contributed by atoms with E-state index >= 15 is 0 Å². The highest BCUT2D eigenvalue weighted by Crippen LogP contribution is 2.38. The quantitative estimate of drug-likeness (QED) is 0.601. The predicted molar refractivity (Wildman–Crippen MR) is 111 cm³/mol. The minimum atomic E-state index is -3.89. The third-order valence-corrected chi connectivity index (χ3v) is 7.73. The van der Waals surface area contributed by atoms with E-state index in [0.29, 0.717) is 23.3 Å². The Morgan fingerprint density at radius 1 is 1.04 bits per heavy atom. The average molecular weight is 439 g/mol. The van der Waals surface area contributed by atoms with Crippen molar-refractivity contribution in [3.8, 4) is 5.75 Å². The molecular formula is C20H20Cl2N2O3S. The number of para-hydroxylation sites is 1. The lowest BCUT2D eigenvalue weighted by molar-refractivity contribution is 0.239. The second-order valence-electron chi connectivity index (χ2n) is 6.78. The lowest BCUT2D eigenvalue weighted by Gasteiger charge is -2.15. The number of benzene rings is 2. The van der Waals surface area contributed by atoms with Gasteiger partial charge in [-0.05, 0) is 44.1 Å². The van der Waals surface area contributed by atoms with Crippen molar-refractivity contribution in [1.29, 1.82) is 0 Å². The Kier molecular flexibility index (Phi) is 5.56. The van der Waals surface area contributed by atoms with E-state index in [4.69, 9.17) is 27.9 Å². The summed E-state index contributed by atoms with van der Waals surface area (Å²) in [5.41, 5.74) is 0.644. The van der Waals surface area contributed by atoms with Gasteiger partial charge in [0.25, 0.3) is 0 Å². The van der Waals surface area contributed by atoms with Crippen molar-refractivity contribution in [3.63, 3.8) is 0 Å². The molecule has 0 saturated carbocycles. The number of nitrogens with one attached hydrogen (secondary N) is 1. The Balaban J connectivity index is 1.66. The van der Waals surface area contributed by atoms with Crippen LogP contribution in [0.1, 0.15) is 12.8 Å². The van der Waals surface area contributed by atoms with Gasteiger partial charge in [0.1, 0.15) is 17.3 Å². The molecule has 1 aromatic heterocycles. The zero-order chi connectivity index (χ0) is 19.7. The van der Waals surface area contributed by atoms with Crippen LogP contribution in [0.15, 0.2) is 52.4 Å². The van der Waals surface area contributed by atoms with E-state index in [-0.39, 0.29) is 19.8 Å². The lowest BCUT2D eigenvalue weighted by atomic mass is 10.2. The third kappa shape index (κ3) is 3.62. The van der Waals surface area contributed by atoms with Crippen LogP contribution in [0.2, 0.25) is 10.0 Å². The van der Waals surface area contributed by atoms with Crippen LogP contribution in [-0.4, -0.2) is 44.5 Å². The Labute approximate surface area is 174 Å². The molecular weight excluding hydrogens is 419 g/mol. The Morgan fingerprint density at radius 3 is 2.43 bits per heavy atom. The second kappa shape index (κ2) is 7.95. The van der Waals surface area contributed by atoms with E-state index in [2.05, 4.69) is 9.88 Å². The number of ether oxygens (including phenoxy) is 1. The summed E-state index contributed by atoms with van der Waals surface area (Å²) in [5, 5.41) is 0.745. The largest absolute Gasteiger partial charge is 0.490 e. The number of halogens is 2. The third-order valence-electron chi connectivity index (χ3n) is 4.98. The van der Waals surface area contributed by atoms with Gasteiger partial charge in [0.2, 0.25) is 9.84 Å². The number of sulfone groups is 1. The van der Waals surface area contributed by atoms with E-state index in [1.165, 1.54) is 31.2 Å². The van der Waals surface area contributed by atoms with Crippen molar-refractivity contribution in [2.75, 3.05) is 26.2 Å². The van der Waals surface area contributed by atoms with Gasteiger partial charge in [0.05, 0.1) is 20.5 Å². The van der Waals surface area contributed by atoms with Crippen molar-refractivity contribution in [2.45, 2.75) is 22.6 Å². The van der Waals surface area contributed by atoms with E-state index in [1.54, 1.807) is 18.2 Å². The number of likely N-dealkylation sites (tertiary alicyclic amines) is 1. The fourth-order valence-electron chi connectivity index (χ4n) is 3.58. The number of fused-ring (bicyclic) bond motifs is 1. The number of aromatic nitrogens is 1. The summed E-state index contributed by atoms with van der Waals surface area (Å²) in [6.45, 7) is 3.63. The summed E-state index contributed by atoms with van der Waals surface area (Å²) < 4.78 is 32.4. The molecule has 1 fully saturated rings. The molecule has 2 aromatic carbocycles. The molecule has 28 heavy (non-hydrogen) atoms. The van der Waals surface area contributed by atoms with Crippen LogP contribution in [0.3, 0.4) is 0 Å². The molecule has 0 spiro atoms. The van der Waals surface area contributed by atoms with Crippen LogP contribution in [0.25, 0.3) is 10.9 Å². The molecule has 2 heterocycles. The van der Waals surface area contributed by atoms with Gasteiger partial charge < -0.3 is 9.72 Å². The van der Waals surface area contributed by atoms with Crippen LogP contribution < -0.4 is 4.74 Å². The number of hydrogen-bond acceptors (Lipinski definition) is 4. The first-order valence-corrected chi connectivity index (χ1v) is 11.4. The highest BCUT2D eigenvalue weighted by Gasteiger charge is 2.27. The van der Waals surface area contributed by atoms with E-state index in [9.17, 15) is 8.42 Å². The van der Waals surface area contributed by atoms with Crippen molar-refractivity contribution < 1.29 is 13.2 Å². The summed E-state index contributed by atoms with van der Waals surface area (Å²) in [5.74, 6) is 0.628. The fourth-order valence-corrected chi connectivity index (χ4v) is 6.13. The molecule has 1 N–H and O–H groups in total. The molecule has 1 saturated heterocycles. The van der Waals surface area contributed by atoms with Gasteiger partial charge in [-0.3, -0.25) is 4.90 Å². The van der Waals surface area contributed by atoms with Crippen molar-refractivity contribution in [2.24, 2.45) is 0 Å². The molecule has 0 aliphatic carbocycles. The summed E-state index contributed by atoms with van der Waals surface area (Å²) in [6.07, 6.45) is 3.93. The molecule has 0 amide bonds. The SMILES string of the molecule is O=S(=O)(c1c(Cl)cccc1Cl)c1c[nH]c2c(OCCN3CCCC3)cccc12. The highest BCUT2D eigenvalue weighted by molar-refractivity contribution is 7.92. The number of rotatable bonds is 6. The van der Waals surface area contributed by atoms with E-state index in [1.807, 2.05) is 6.07 Å². The monoisotopic (exact) mass is 438 g/mol. The fraction of sp³-hybridized carbons (Fsp3) is 0.300. The lowest BCUT2D eigenvalue weighted by Crippen LogP contribution is -2.25. The van der Waals surface area contributed by atoms with E-state index < -0.39 is 9.84 Å². The predicted octanol–water partition coefficient (Wildman–Crippen LogP) is 4.78. The Morgan fingerprint density at radius 2 is 1.71 bits per heavy atom. The van der Waals surface area contributed by atoms with Gasteiger partial charge in [-0.25, -0.2) is 8.42 Å². The zero-order valence-corrected chi connectivity index (χ0v) is 17.4. The molecule has 1 aliphatic heterocycles. The Bertz CT molecular complexity index is 1090. The summed E-state index contributed by atoms with van der Waals surface area (Å²) in [4.78, 5) is 5.45. The molecule has 1 aliphatic rings. The molecule has 0 atom stereocenters. The first-order valence-electron chi connectivity index (χ1n) is 9.13. The normalized spacial score (nSPS) is 15.4. The first kappa shape index (κ1) is 19.6. The molecule has 0 bridgehead atoms. The molecule has 5 nitrogen and oxygen atoms in total. The van der Waals surface area contributed by atoms with Gasteiger partial charge >= 0.3 is 0 Å². The number of hydrogen-bond donors (Lipinski definition) is 1. The standard InChI is InChI=1S/C20H20Cl2N2O3S/c21-15-6-4-7-16(22)20(15)28(25,26)18-13-23-19-14(18)5-3-8-17(19)27-12-11-24-9-1-2-10-24/h3-8,13,23H,1-2,9-12H2. The van der Waals surface area contributed by atoms with Gasteiger partial charge in [0, 0.05) is 18.1 Å². The van der Waals surface area contributed by atoms with Crippen LogP contribution in [0.4, 0.5) is 0 Å². The topological polar surface area (TPSA) is 62.4 Å². The molecule has 148 valence electrons. The zero-order valence-electron chi connectivity index (χ0n) is 15.1. The number of H-pyrrole nitrogens is 1. The maximum Gasteiger partial charge on any atom is 0.211 e. The smallest absolute Gasteiger partial charge is 0.211 e. The van der Waals surface area contributed by atoms with E-state index in [0.717, 1.165) is 19.6 Å². The number of nitrogens with zero attached hydrogens (tertiary/aromatic N) is 1. The van der Waals surface area contributed by atoms with Crippen LogP contribution in [-0.2, 0) is 9.84 Å². The van der Waals surface area contributed by atoms with Crippen LogP contribution >= 0.6 is 23.2 Å². The molecule has 4 rings (SSSR count). The maximum atomic E-state index is 13.2. The summed E-state index contributed by atoms with van der Waals surface area (Å²) in [7, 11) is -3.89. The summed E-state index contributed by atoms with van der Waals surface area (Å²) in [6, 6.07) is 10.0. The number of aromatic amines is 1. The minimum absolute atomic E-state index is 0.0837. The van der Waals surface area contributed by atoms with Gasteiger partial charge in [-0.15, -0.1) is 0 Å². The summed E-state index contributed by atoms with van der Waals surface area (Å²) >= 11 is 12.3. The first-order chi connectivity index (χ1) is 13.5. The van der Waals surface area contributed by atoms with Crippen LogP contribution in [0, 0.1) is 0 Å². The van der Waals surface area contributed by atoms with Crippen molar-refractivity contribution in [3.05, 3.63) is 52.6 Å².